The summed E-state index contributed by atoms with van der Waals surface area (Å²) in [6.45, 7) is 5.35. The minimum Gasteiger partial charge on any atom is -0.493 e. The van der Waals surface area contributed by atoms with E-state index < -0.39 is 0 Å². The molecule has 2 aromatic rings. The van der Waals surface area contributed by atoms with Crippen LogP contribution in [0.5, 0.6) is 11.5 Å². The van der Waals surface area contributed by atoms with Crippen LogP contribution in [0.2, 0.25) is 5.02 Å². The molecule has 1 N–H and O–H groups in total. The smallest absolute Gasteiger partial charge is 0.180 e. The first-order valence-electron chi connectivity index (χ1n) is 9.66. The van der Waals surface area contributed by atoms with Gasteiger partial charge in [0.15, 0.2) is 11.5 Å². The number of rotatable bonds is 13. The average Bonchev–Trinajstić information content (AvgIpc) is 2.70. The van der Waals surface area contributed by atoms with Crippen LogP contribution in [0.4, 0.5) is 4.39 Å². The maximum atomic E-state index is 13.8. The van der Waals surface area contributed by atoms with Crippen molar-refractivity contribution in [2.45, 2.75) is 39.3 Å². The van der Waals surface area contributed by atoms with Crippen molar-refractivity contribution >= 4 is 24.0 Å². The Labute approximate surface area is 184 Å². The zero-order valence-electron chi connectivity index (χ0n) is 17.0. The molecule has 2 aromatic carbocycles. The monoisotopic (exact) mass is 445 g/mol. The van der Waals surface area contributed by atoms with Gasteiger partial charge >= 0.3 is 0 Å². The summed E-state index contributed by atoms with van der Waals surface area (Å²) in [5, 5.41) is 3.81. The zero-order chi connectivity index (χ0) is 20.2. The molecule has 29 heavy (non-hydrogen) atoms. The largest absolute Gasteiger partial charge is 0.493 e. The van der Waals surface area contributed by atoms with Crippen LogP contribution < -0.4 is 14.8 Å². The van der Waals surface area contributed by atoms with Crippen LogP contribution >= 0.6 is 24.0 Å². The molecule has 0 saturated carbocycles. The van der Waals surface area contributed by atoms with E-state index in [1.54, 1.807) is 25.3 Å². The van der Waals surface area contributed by atoms with Gasteiger partial charge in [-0.15, -0.1) is 12.4 Å². The Morgan fingerprint density at radius 2 is 1.86 bits per heavy atom. The van der Waals surface area contributed by atoms with Crippen molar-refractivity contribution in [1.29, 1.82) is 0 Å². The number of methoxy groups -OCH3 is 1. The lowest BCUT2D eigenvalue weighted by molar-refractivity contribution is 0.129. The summed E-state index contributed by atoms with van der Waals surface area (Å²) in [5.74, 6) is 0.640. The number of halogens is 3. The summed E-state index contributed by atoms with van der Waals surface area (Å²) in [7, 11) is 1.56. The summed E-state index contributed by atoms with van der Waals surface area (Å²) >= 11 is 6.38. The molecule has 2 rings (SSSR count). The van der Waals surface area contributed by atoms with Gasteiger partial charge in [-0.25, -0.2) is 4.39 Å². The van der Waals surface area contributed by atoms with E-state index >= 15 is 0 Å². The van der Waals surface area contributed by atoms with Crippen LogP contribution in [0.15, 0.2) is 36.4 Å². The van der Waals surface area contributed by atoms with Crippen LogP contribution in [0.1, 0.15) is 37.3 Å². The van der Waals surface area contributed by atoms with Gasteiger partial charge in [-0.3, -0.25) is 0 Å². The van der Waals surface area contributed by atoms with Crippen molar-refractivity contribution in [1.82, 2.24) is 5.32 Å². The summed E-state index contributed by atoms with van der Waals surface area (Å²) in [5.41, 5.74) is 1.46. The normalized spacial score (nSPS) is 10.5. The first kappa shape index (κ1) is 25.5. The molecule has 0 fully saturated rings. The summed E-state index contributed by atoms with van der Waals surface area (Å²) in [6, 6.07) is 10.2. The predicted octanol–water partition coefficient (Wildman–Crippen LogP) is 5.78. The quantitative estimate of drug-likeness (QED) is 0.396. The second-order valence-electron chi connectivity index (χ2n) is 6.49. The topological polar surface area (TPSA) is 39.7 Å². The lowest BCUT2D eigenvalue weighted by Gasteiger charge is -2.15. The minimum absolute atomic E-state index is 0. The molecule has 0 aliphatic rings. The van der Waals surface area contributed by atoms with E-state index in [1.807, 2.05) is 12.1 Å². The van der Waals surface area contributed by atoms with Gasteiger partial charge in [0, 0.05) is 25.3 Å². The Bertz CT molecular complexity index is 731. The lowest BCUT2D eigenvalue weighted by Crippen LogP contribution is -2.16. The fourth-order valence-corrected chi connectivity index (χ4v) is 2.95. The van der Waals surface area contributed by atoms with E-state index in [4.69, 9.17) is 25.8 Å². The lowest BCUT2D eigenvalue weighted by atomic mass is 10.2. The van der Waals surface area contributed by atoms with E-state index in [0.717, 1.165) is 44.6 Å². The number of unbranched alkanes of at least 4 members (excludes halogenated alkanes) is 1. The molecule has 0 aliphatic heterocycles. The maximum absolute atomic E-state index is 13.8. The van der Waals surface area contributed by atoms with Crippen molar-refractivity contribution in [2.24, 2.45) is 0 Å². The van der Waals surface area contributed by atoms with Crippen molar-refractivity contribution < 1.29 is 18.6 Å². The molecule has 0 heterocycles. The standard InChI is InChI=1S/C22H29ClFNO3.ClH/c1-3-4-11-27-12-7-10-25-15-17-13-19(23)22(21(14-17)26-2)28-16-18-8-5-6-9-20(18)24;/h5-6,8-9,13-14,25H,3-4,7,10-12,15-16H2,1-2H3;1H. The van der Waals surface area contributed by atoms with Gasteiger partial charge in [0.05, 0.1) is 12.1 Å². The maximum Gasteiger partial charge on any atom is 0.180 e. The number of hydrogen-bond acceptors (Lipinski definition) is 4. The highest BCUT2D eigenvalue weighted by atomic mass is 35.5. The van der Waals surface area contributed by atoms with Gasteiger partial charge in [0.25, 0.3) is 0 Å². The SMILES string of the molecule is CCCCOCCCNCc1cc(Cl)c(OCc2ccccc2F)c(OC)c1.Cl. The Morgan fingerprint density at radius 3 is 2.59 bits per heavy atom. The van der Waals surface area contributed by atoms with Gasteiger partial charge in [-0.05, 0) is 43.1 Å². The molecule has 0 radical (unpaired) electrons. The van der Waals surface area contributed by atoms with Crippen LogP contribution in [0, 0.1) is 5.82 Å². The molecule has 4 nitrogen and oxygen atoms in total. The molecule has 0 unspecified atom stereocenters. The first-order chi connectivity index (χ1) is 13.7. The molecule has 7 heteroatoms. The third-order valence-electron chi connectivity index (χ3n) is 4.23. The molecule has 0 bridgehead atoms. The van der Waals surface area contributed by atoms with Gasteiger partial charge in [-0.2, -0.15) is 0 Å². The van der Waals surface area contributed by atoms with Crippen molar-refractivity contribution in [3.8, 4) is 11.5 Å². The van der Waals surface area contributed by atoms with Crippen molar-refractivity contribution in [3.63, 3.8) is 0 Å². The fourth-order valence-electron chi connectivity index (χ4n) is 2.66. The molecule has 0 atom stereocenters. The zero-order valence-corrected chi connectivity index (χ0v) is 18.6. The minimum atomic E-state index is -0.308. The Morgan fingerprint density at radius 1 is 1.10 bits per heavy atom. The van der Waals surface area contributed by atoms with Gasteiger partial charge < -0.3 is 19.5 Å². The number of ether oxygens (including phenoxy) is 3. The van der Waals surface area contributed by atoms with E-state index in [1.165, 1.54) is 6.07 Å². The first-order valence-corrected chi connectivity index (χ1v) is 10.0. The van der Waals surface area contributed by atoms with Crippen LogP contribution in [0.3, 0.4) is 0 Å². The van der Waals surface area contributed by atoms with Crippen molar-refractivity contribution in [3.05, 3.63) is 58.4 Å². The molecular formula is C22H30Cl2FNO3. The number of benzene rings is 2. The third kappa shape index (κ3) is 8.79. The molecule has 0 amide bonds. The Kier molecular flexibility index (Phi) is 12.7. The van der Waals surface area contributed by atoms with E-state index in [2.05, 4.69) is 12.2 Å². The molecule has 0 aliphatic carbocycles. The highest BCUT2D eigenvalue weighted by molar-refractivity contribution is 6.32. The molecule has 0 saturated heterocycles. The van der Waals surface area contributed by atoms with E-state index in [9.17, 15) is 4.39 Å². The van der Waals surface area contributed by atoms with E-state index in [0.29, 0.717) is 28.6 Å². The Balaban J connectivity index is 0.00000420. The van der Waals surface area contributed by atoms with E-state index in [-0.39, 0.29) is 24.8 Å². The second-order valence-corrected chi connectivity index (χ2v) is 6.89. The molecule has 162 valence electrons. The summed E-state index contributed by atoms with van der Waals surface area (Å²) in [6.07, 6.45) is 3.22. The van der Waals surface area contributed by atoms with Gasteiger partial charge in [0.2, 0.25) is 0 Å². The summed E-state index contributed by atoms with van der Waals surface area (Å²) in [4.78, 5) is 0. The highest BCUT2D eigenvalue weighted by Gasteiger charge is 2.13. The van der Waals surface area contributed by atoms with Crippen LogP contribution in [0.25, 0.3) is 0 Å². The van der Waals surface area contributed by atoms with Gasteiger partial charge in [0.1, 0.15) is 12.4 Å². The average molecular weight is 446 g/mol. The van der Waals surface area contributed by atoms with Crippen LogP contribution in [-0.4, -0.2) is 26.9 Å². The number of hydrogen-bond donors (Lipinski definition) is 1. The van der Waals surface area contributed by atoms with Crippen molar-refractivity contribution in [2.75, 3.05) is 26.9 Å². The third-order valence-corrected chi connectivity index (χ3v) is 4.51. The second kappa shape index (κ2) is 14.5. The van der Waals surface area contributed by atoms with Crippen LogP contribution in [-0.2, 0) is 17.9 Å². The summed E-state index contributed by atoms with van der Waals surface area (Å²) < 4.78 is 30.5. The highest BCUT2D eigenvalue weighted by Crippen LogP contribution is 2.37. The van der Waals surface area contributed by atoms with Gasteiger partial charge in [-0.1, -0.05) is 43.1 Å². The fraction of sp³-hybridized carbons (Fsp3) is 0.455. The molecule has 0 spiro atoms. The predicted molar refractivity (Wildman–Crippen MR) is 118 cm³/mol. The molecule has 0 aromatic heterocycles. The molecular weight excluding hydrogens is 416 g/mol. The Hall–Kier alpha value is -1.53. The number of nitrogens with one attached hydrogen (secondary N) is 1.